The van der Waals surface area contributed by atoms with Gasteiger partial charge >= 0.3 is 0 Å². The molecule has 1 unspecified atom stereocenters. The van der Waals surface area contributed by atoms with Crippen LogP contribution in [0.2, 0.25) is 0 Å². The van der Waals surface area contributed by atoms with Gasteiger partial charge in [0.25, 0.3) is 0 Å². The van der Waals surface area contributed by atoms with Crippen LogP contribution in [0.3, 0.4) is 0 Å². The van der Waals surface area contributed by atoms with E-state index in [9.17, 15) is 0 Å². The third-order valence-corrected chi connectivity index (χ3v) is 5.11. The smallest absolute Gasteiger partial charge is 0.0245 e. The molecule has 1 aromatic rings. The highest BCUT2D eigenvalue weighted by atomic mass is 15.1. The topological polar surface area (TPSA) is 3.24 Å². The molecule has 0 heterocycles. The Hall–Kier alpha value is -1.86. The Kier molecular flexibility index (Phi) is 4.97. The molecule has 3 rings (SSSR count). The van der Waals surface area contributed by atoms with Crippen LogP contribution in [-0.2, 0) is 0 Å². The zero-order chi connectivity index (χ0) is 16.2. The molecule has 2 atom stereocenters. The Morgan fingerprint density at radius 3 is 2.57 bits per heavy atom. The first-order valence-corrected chi connectivity index (χ1v) is 8.65. The first-order valence-electron chi connectivity index (χ1n) is 8.65. The van der Waals surface area contributed by atoms with Gasteiger partial charge in [0.05, 0.1) is 0 Å². The second-order valence-electron chi connectivity index (χ2n) is 6.77. The van der Waals surface area contributed by atoms with E-state index in [4.69, 9.17) is 0 Å². The molecule has 2 aliphatic rings. The number of allylic oxidation sites excluding steroid dienone is 6. The second-order valence-corrected chi connectivity index (χ2v) is 6.77. The molecule has 0 saturated carbocycles. The fourth-order valence-corrected chi connectivity index (χ4v) is 3.96. The molecule has 23 heavy (non-hydrogen) atoms. The summed E-state index contributed by atoms with van der Waals surface area (Å²) in [5, 5.41) is 0. The van der Waals surface area contributed by atoms with Crippen LogP contribution in [0.15, 0.2) is 77.9 Å². The van der Waals surface area contributed by atoms with Crippen LogP contribution in [0.25, 0.3) is 0 Å². The van der Waals surface area contributed by atoms with E-state index < -0.39 is 0 Å². The lowest BCUT2D eigenvalue weighted by Crippen LogP contribution is -2.37. The molecule has 0 fully saturated rings. The zero-order valence-corrected chi connectivity index (χ0v) is 14.3. The normalized spacial score (nSPS) is 24.7. The van der Waals surface area contributed by atoms with Gasteiger partial charge in [0, 0.05) is 12.0 Å². The lowest BCUT2D eigenvalue weighted by atomic mass is 9.73. The molecule has 0 N–H and O–H groups in total. The SMILES string of the molecule is C=CC1=CCCC(C2=CCCC(N(C)C)[C@@H]2c2ccccc2)=C1. The van der Waals surface area contributed by atoms with Crippen molar-refractivity contribution in [1.82, 2.24) is 4.90 Å². The highest BCUT2D eigenvalue weighted by molar-refractivity contribution is 5.49. The Labute approximate surface area is 140 Å². The molecule has 2 aliphatic carbocycles. The predicted octanol–water partition coefficient (Wildman–Crippen LogP) is 5.25. The standard InChI is InChI=1S/C22H27N/c1-4-17-10-8-13-19(16-17)20-14-9-15-21(23(2)3)22(20)18-11-6-5-7-12-18/h4-7,10-12,14,16,21-22H,1,8-9,13,15H2,2-3H3/t21?,22-/m1/s1. The van der Waals surface area contributed by atoms with Crippen LogP contribution in [0.1, 0.15) is 37.2 Å². The van der Waals surface area contributed by atoms with Crippen molar-refractivity contribution in [3.05, 3.63) is 83.5 Å². The summed E-state index contributed by atoms with van der Waals surface area (Å²) in [6.45, 7) is 3.94. The summed E-state index contributed by atoms with van der Waals surface area (Å²) in [4.78, 5) is 2.40. The minimum atomic E-state index is 0.468. The third-order valence-electron chi connectivity index (χ3n) is 5.11. The van der Waals surface area contributed by atoms with Crippen molar-refractivity contribution < 1.29 is 0 Å². The Morgan fingerprint density at radius 1 is 1.09 bits per heavy atom. The monoisotopic (exact) mass is 305 g/mol. The van der Waals surface area contributed by atoms with Crippen molar-refractivity contribution in [2.75, 3.05) is 14.1 Å². The van der Waals surface area contributed by atoms with Gasteiger partial charge in [-0.1, -0.05) is 61.2 Å². The molecular formula is C22H27N. The highest BCUT2D eigenvalue weighted by Gasteiger charge is 2.32. The molecule has 0 radical (unpaired) electrons. The maximum Gasteiger partial charge on any atom is 0.0245 e. The van der Waals surface area contributed by atoms with Gasteiger partial charge in [-0.3, -0.25) is 0 Å². The van der Waals surface area contributed by atoms with E-state index in [1.54, 1.807) is 0 Å². The van der Waals surface area contributed by atoms with E-state index in [1.807, 2.05) is 6.08 Å². The number of benzene rings is 1. The molecule has 0 aromatic heterocycles. The van der Waals surface area contributed by atoms with Gasteiger partial charge in [-0.15, -0.1) is 0 Å². The largest absolute Gasteiger partial charge is 0.305 e. The van der Waals surface area contributed by atoms with Crippen molar-refractivity contribution in [3.63, 3.8) is 0 Å². The summed E-state index contributed by atoms with van der Waals surface area (Å²) in [6.07, 6.45) is 13.8. The van der Waals surface area contributed by atoms with Crippen molar-refractivity contribution in [3.8, 4) is 0 Å². The van der Waals surface area contributed by atoms with E-state index in [2.05, 4.69) is 74.1 Å². The van der Waals surface area contributed by atoms with E-state index >= 15 is 0 Å². The maximum atomic E-state index is 3.94. The number of likely N-dealkylation sites (N-methyl/N-ethyl adjacent to an activating group) is 1. The lowest BCUT2D eigenvalue weighted by Gasteiger charge is -2.38. The molecule has 1 aromatic carbocycles. The third kappa shape index (κ3) is 3.40. The first-order chi connectivity index (χ1) is 11.2. The summed E-state index contributed by atoms with van der Waals surface area (Å²) < 4.78 is 0. The number of hydrogen-bond donors (Lipinski definition) is 0. The molecule has 0 saturated heterocycles. The van der Waals surface area contributed by atoms with Crippen molar-refractivity contribution in [2.24, 2.45) is 0 Å². The second kappa shape index (κ2) is 7.14. The summed E-state index contributed by atoms with van der Waals surface area (Å²) in [6, 6.07) is 11.6. The summed E-state index contributed by atoms with van der Waals surface area (Å²) in [5.74, 6) is 0.468. The van der Waals surface area contributed by atoms with Crippen molar-refractivity contribution in [1.29, 1.82) is 0 Å². The summed E-state index contributed by atoms with van der Waals surface area (Å²) in [5.41, 5.74) is 5.75. The van der Waals surface area contributed by atoms with Crippen LogP contribution in [0, 0.1) is 0 Å². The fraction of sp³-hybridized carbons (Fsp3) is 0.364. The average molecular weight is 305 g/mol. The van der Waals surface area contributed by atoms with E-state index in [1.165, 1.54) is 35.1 Å². The molecule has 0 aliphatic heterocycles. The van der Waals surface area contributed by atoms with Crippen LogP contribution >= 0.6 is 0 Å². The summed E-state index contributed by atoms with van der Waals surface area (Å²) in [7, 11) is 4.43. The minimum Gasteiger partial charge on any atom is -0.305 e. The fourth-order valence-electron chi connectivity index (χ4n) is 3.96. The first kappa shape index (κ1) is 16.0. The molecule has 0 bridgehead atoms. The van der Waals surface area contributed by atoms with Gasteiger partial charge in [-0.25, -0.2) is 0 Å². The molecule has 0 spiro atoms. The van der Waals surface area contributed by atoms with E-state index in [-0.39, 0.29) is 0 Å². The zero-order valence-electron chi connectivity index (χ0n) is 14.3. The number of nitrogens with zero attached hydrogens (tertiary/aromatic N) is 1. The van der Waals surface area contributed by atoms with Gasteiger partial charge < -0.3 is 4.90 Å². The predicted molar refractivity (Wildman–Crippen MR) is 99.6 cm³/mol. The minimum absolute atomic E-state index is 0.468. The molecule has 1 nitrogen and oxygen atoms in total. The highest BCUT2D eigenvalue weighted by Crippen LogP contribution is 2.42. The van der Waals surface area contributed by atoms with Crippen LogP contribution < -0.4 is 0 Å². The van der Waals surface area contributed by atoms with Gasteiger partial charge in [-0.05, 0) is 62.1 Å². The Balaban J connectivity index is 2.03. The molecule has 0 amide bonds. The van der Waals surface area contributed by atoms with Crippen molar-refractivity contribution in [2.45, 2.75) is 37.6 Å². The molecular weight excluding hydrogens is 278 g/mol. The molecule has 1 heteroatoms. The van der Waals surface area contributed by atoms with E-state index in [0.717, 1.165) is 12.8 Å². The van der Waals surface area contributed by atoms with Crippen LogP contribution in [0.4, 0.5) is 0 Å². The quantitative estimate of drug-likeness (QED) is 0.734. The summed E-state index contributed by atoms with van der Waals surface area (Å²) >= 11 is 0. The average Bonchev–Trinajstić information content (AvgIpc) is 2.61. The van der Waals surface area contributed by atoms with Gasteiger partial charge in [0.2, 0.25) is 0 Å². The lowest BCUT2D eigenvalue weighted by molar-refractivity contribution is 0.247. The van der Waals surface area contributed by atoms with Gasteiger partial charge in [-0.2, -0.15) is 0 Å². The Morgan fingerprint density at radius 2 is 1.87 bits per heavy atom. The van der Waals surface area contributed by atoms with Gasteiger partial charge in [0.15, 0.2) is 0 Å². The van der Waals surface area contributed by atoms with Crippen LogP contribution in [-0.4, -0.2) is 25.0 Å². The van der Waals surface area contributed by atoms with E-state index in [0.29, 0.717) is 12.0 Å². The van der Waals surface area contributed by atoms with Crippen LogP contribution in [0.5, 0.6) is 0 Å². The van der Waals surface area contributed by atoms with Crippen molar-refractivity contribution >= 4 is 0 Å². The maximum absolute atomic E-state index is 3.94. The number of hydrogen-bond acceptors (Lipinski definition) is 1. The van der Waals surface area contributed by atoms with Gasteiger partial charge in [0.1, 0.15) is 0 Å². The number of rotatable bonds is 4. The Bertz CT molecular complexity index is 646. The molecule has 120 valence electrons.